The third kappa shape index (κ3) is 7.32. The molecule has 0 fully saturated rings. The summed E-state index contributed by atoms with van der Waals surface area (Å²) >= 11 is 1.14. The predicted octanol–water partition coefficient (Wildman–Crippen LogP) is 4.78. The zero-order valence-electron chi connectivity index (χ0n) is 23.3. The molecule has 14 heteroatoms. The Bertz CT molecular complexity index is 1550. The molecule has 0 aliphatic carbocycles. The topological polar surface area (TPSA) is 157 Å². The van der Waals surface area contributed by atoms with Crippen LogP contribution in [-0.2, 0) is 19.1 Å². The van der Waals surface area contributed by atoms with Gasteiger partial charge in [-0.15, -0.1) is 0 Å². The number of halogens is 1. The van der Waals surface area contributed by atoms with Crippen molar-refractivity contribution in [2.45, 2.75) is 39.7 Å². The highest BCUT2D eigenvalue weighted by Gasteiger charge is 2.24. The molecule has 0 unspecified atom stereocenters. The molecule has 0 radical (unpaired) electrons. The average molecular weight is 596 g/mol. The molecule has 1 aromatic carbocycles. The van der Waals surface area contributed by atoms with Crippen LogP contribution in [0.25, 0.3) is 32.6 Å². The van der Waals surface area contributed by atoms with Crippen molar-refractivity contribution in [3.63, 3.8) is 0 Å². The number of benzene rings is 1. The Morgan fingerprint density at radius 2 is 1.79 bits per heavy atom. The van der Waals surface area contributed by atoms with E-state index in [9.17, 15) is 14.4 Å². The van der Waals surface area contributed by atoms with Gasteiger partial charge < -0.3 is 20.1 Å². The number of aromatic nitrogens is 4. The summed E-state index contributed by atoms with van der Waals surface area (Å²) in [6.07, 6.45) is 4.56. The van der Waals surface area contributed by atoms with Gasteiger partial charge in [-0.05, 0) is 45.4 Å². The molecular weight excluding hydrogens is 565 g/mol. The highest BCUT2D eigenvalue weighted by Crippen LogP contribution is 2.40. The lowest BCUT2D eigenvalue weighted by Gasteiger charge is -2.17. The minimum Gasteiger partial charge on any atom is -0.466 e. The number of ether oxygens (including phenoxy) is 2. The fraction of sp³-hybridized carbons (Fsp3) is 0.321. The van der Waals surface area contributed by atoms with Gasteiger partial charge in [0.2, 0.25) is 5.95 Å². The van der Waals surface area contributed by atoms with Crippen molar-refractivity contribution in [1.82, 2.24) is 25.3 Å². The highest BCUT2D eigenvalue weighted by molar-refractivity contribution is 7.22. The van der Waals surface area contributed by atoms with Crippen LogP contribution >= 0.6 is 11.3 Å². The number of hydrogen-bond acceptors (Lipinski definition) is 11. The maximum absolute atomic E-state index is 15.9. The van der Waals surface area contributed by atoms with E-state index in [0.29, 0.717) is 28.1 Å². The Morgan fingerprint density at radius 3 is 2.45 bits per heavy atom. The van der Waals surface area contributed by atoms with Gasteiger partial charge in [-0.2, -0.15) is 0 Å². The summed E-state index contributed by atoms with van der Waals surface area (Å²) in [7, 11) is 0. The first-order chi connectivity index (χ1) is 20.3. The number of amides is 2. The number of urea groups is 1. The second-order valence-electron chi connectivity index (χ2n) is 8.77. The summed E-state index contributed by atoms with van der Waals surface area (Å²) < 4.78 is 26.5. The summed E-state index contributed by atoms with van der Waals surface area (Å²) in [5.41, 5.74) is 1.80. The number of rotatable bonds is 12. The lowest BCUT2D eigenvalue weighted by Crippen LogP contribution is -2.33. The Labute approximate surface area is 245 Å². The molecule has 0 aliphatic heterocycles. The molecule has 4 rings (SSSR count). The highest BCUT2D eigenvalue weighted by atomic mass is 32.1. The van der Waals surface area contributed by atoms with Crippen LogP contribution < -0.4 is 16.0 Å². The fourth-order valence-corrected chi connectivity index (χ4v) is 4.99. The van der Waals surface area contributed by atoms with Crippen molar-refractivity contribution < 1.29 is 28.2 Å². The number of carbonyl (C=O) groups is 3. The summed E-state index contributed by atoms with van der Waals surface area (Å²) in [4.78, 5) is 53.7. The van der Waals surface area contributed by atoms with Gasteiger partial charge in [0.1, 0.15) is 11.6 Å². The van der Waals surface area contributed by atoms with E-state index in [-0.39, 0.29) is 48.2 Å². The fourth-order valence-electron chi connectivity index (χ4n) is 4.01. The third-order valence-corrected chi connectivity index (χ3v) is 6.89. The van der Waals surface area contributed by atoms with Gasteiger partial charge in [0, 0.05) is 48.2 Å². The number of pyridine rings is 1. The molecule has 1 atom stereocenters. The summed E-state index contributed by atoms with van der Waals surface area (Å²) in [6, 6.07) is 5.68. The first-order valence-corrected chi connectivity index (χ1v) is 14.2. The van der Waals surface area contributed by atoms with Crippen molar-refractivity contribution in [2.24, 2.45) is 0 Å². The zero-order chi connectivity index (χ0) is 30.1. The maximum Gasteiger partial charge on any atom is 0.328 e. The minimum atomic E-state index is -0.894. The van der Waals surface area contributed by atoms with Crippen LogP contribution in [-0.4, -0.2) is 63.7 Å². The largest absolute Gasteiger partial charge is 0.466 e. The van der Waals surface area contributed by atoms with E-state index in [0.717, 1.165) is 11.3 Å². The van der Waals surface area contributed by atoms with Gasteiger partial charge in [0.25, 0.3) is 0 Å². The molecule has 3 aromatic heterocycles. The molecule has 12 nitrogen and oxygen atoms in total. The molecule has 220 valence electrons. The van der Waals surface area contributed by atoms with Gasteiger partial charge in [-0.25, -0.2) is 28.9 Å². The van der Waals surface area contributed by atoms with Gasteiger partial charge in [-0.3, -0.25) is 15.1 Å². The Kier molecular flexibility index (Phi) is 10.3. The summed E-state index contributed by atoms with van der Waals surface area (Å²) in [6.45, 7) is 5.98. The molecule has 0 aliphatic rings. The average Bonchev–Trinajstić information content (AvgIpc) is 3.41. The second kappa shape index (κ2) is 14.3. The molecule has 42 heavy (non-hydrogen) atoms. The lowest BCUT2D eigenvalue weighted by molar-refractivity contribution is -0.145. The van der Waals surface area contributed by atoms with Gasteiger partial charge in [0.15, 0.2) is 10.9 Å². The number of nitrogens with one attached hydrogen (secondary N) is 3. The molecule has 0 bridgehead atoms. The van der Waals surface area contributed by atoms with E-state index in [2.05, 4.69) is 35.9 Å². The normalized spacial score (nSPS) is 11.5. The number of anilines is 2. The molecule has 0 saturated heterocycles. The van der Waals surface area contributed by atoms with Crippen molar-refractivity contribution >= 4 is 50.6 Å². The second-order valence-corrected chi connectivity index (χ2v) is 9.77. The third-order valence-electron chi connectivity index (χ3n) is 5.88. The van der Waals surface area contributed by atoms with E-state index >= 15 is 4.39 Å². The van der Waals surface area contributed by atoms with Crippen LogP contribution in [0.3, 0.4) is 0 Å². The first kappa shape index (κ1) is 30.2. The lowest BCUT2D eigenvalue weighted by atomic mass is 10.0. The van der Waals surface area contributed by atoms with Crippen molar-refractivity contribution in [3.05, 3.63) is 48.7 Å². The van der Waals surface area contributed by atoms with Gasteiger partial charge in [0.05, 0.1) is 23.6 Å². The molecular formula is C28H30FN7O5S. The van der Waals surface area contributed by atoms with Crippen LogP contribution in [0, 0.1) is 5.82 Å². The number of carbonyl (C=O) groups excluding carboxylic acids is 3. The molecule has 2 amide bonds. The van der Waals surface area contributed by atoms with Crippen molar-refractivity contribution in [1.29, 1.82) is 0 Å². The van der Waals surface area contributed by atoms with E-state index < -0.39 is 29.8 Å². The van der Waals surface area contributed by atoms with Gasteiger partial charge in [-0.1, -0.05) is 17.4 Å². The van der Waals surface area contributed by atoms with E-state index in [1.807, 2.05) is 6.07 Å². The monoisotopic (exact) mass is 595 g/mol. The van der Waals surface area contributed by atoms with Gasteiger partial charge >= 0.3 is 18.0 Å². The molecule has 4 aromatic rings. The predicted molar refractivity (Wildman–Crippen MR) is 156 cm³/mol. The Hall–Kier alpha value is -4.72. The van der Waals surface area contributed by atoms with E-state index in [4.69, 9.17) is 9.47 Å². The zero-order valence-corrected chi connectivity index (χ0v) is 24.1. The standard InChI is InChI=1S/C28H30FN7O5S/c1-4-30-27(39)36-28-35-23-22(29)17(13-18(24(23)42-28)19-9-7-8-12-31-19)16-14-32-26(33-15-16)34-20(25(38)41-6-3)10-11-21(37)40-5-2/h7-9,12-15,20H,4-6,10-11H2,1-3H3,(H,32,33,34)(H2,30,35,36,39)/t20-/m0/s1. The molecule has 3 N–H and O–H groups in total. The first-order valence-electron chi connectivity index (χ1n) is 13.3. The van der Waals surface area contributed by atoms with Crippen molar-refractivity contribution in [2.75, 3.05) is 30.4 Å². The van der Waals surface area contributed by atoms with Crippen LogP contribution in [0.15, 0.2) is 42.9 Å². The molecule has 0 spiro atoms. The van der Waals surface area contributed by atoms with E-state index in [1.54, 1.807) is 45.2 Å². The Balaban J connectivity index is 1.66. The number of esters is 2. The summed E-state index contributed by atoms with van der Waals surface area (Å²) in [5.74, 6) is -1.53. The number of fused-ring (bicyclic) bond motifs is 1. The summed E-state index contributed by atoms with van der Waals surface area (Å²) in [5, 5.41) is 8.38. The quantitative estimate of drug-likeness (QED) is 0.195. The maximum atomic E-state index is 15.9. The molecule has 0 saturated carbocycles. The van der Waals surface area contributed by atoms with Crippen LogP contribution in [0.4, 0.5) is 20.3 Å². The molecule has 3 heterocycles. The Morgan fingerprint density at radius 1 is 1.02 bits per heavy atom. The SMILES string of the molecule is CCNC(=O)Nc1nc2c(F)c(-c3cnc(N[C@@H](CCC(=O)OCC)C(=O)OCC)nc3)cc(-c3ccccn3)c2s1. The minimum absolute atomic E-state index is 0.00544. The van der Waals surface area contributed by atoms with Crippen LogP contribution in [0.1, 0.15) is 33.6 Å². The number of nitrogens with zero attached hydrogens (tertiary/aromatic N) is 4. The number of thiazole rings is 1. The number of hydrogen-bond donors (Lipinski definition) is 3. The van der Waals surface area contributed by atoms with Crippen molar-refractivity contribution in [3.8, 4) is 22.4 Å². The smallest absolute Gasteiger partial charge is 0.328 e. The van der Waals surface area contributed by atoms with E-state index in [1.165, 1.54) is 12.4 Å². The van der Waals surface area contributed by atoms with Crippen LogP contribution in [0.5, 0.6) is 0 Å². The van der Waals surface area contributed by atoms with Crippen LogP contribution in [0.2, 0.25) is 0 Å².